The van der Waals surface area contributed by atoms with Gasteiger partial charge in [-0.15, -0.1) is 0 Å². The molecule has 3 aromatic rings. The molecule has 1 heterocycles. The zero-order chi connectivity index (χ0) is 16.2. The highest BCUT2D eigenvalue weighted by atomic mass is 16.5. The van der Waals surface area contributed by atoms with Crippen LogP contribution in [0.2, 0.25) is 0 Å². The van der Waals surface area contributed by atoms with Crippen molar-refractivity contribution >= 4 is 22.7 Å². The number of hydrogen-bond acceptors (Lipinski definition) is 5. The van der Waals surface area contributed by atoms with Crippen molar-refractivity contribution in [3.63, 3.8) is 0 Å². The molecule has 0 spiro atoms. The number of carbonyl (C=O) groups excluding carboxylic acids is 2. The summed E-state index contributed by atoms with van der Waals surface area (Å²) in [6, 6.07) is 17.6. The van der Waals surface area contributed by atoms with Gasteiger partial charge < -0.3 is 9.47 Å². The number of benzene rings is 2. The van der Waals surface area contributed by atoms with Gasteiger partial charge in [-0.05, 0) is 35.0 Å². The number of aromatic nitrogens is 1. The minimum absolute atomic E-state index is 0.0426. The predicted octanol–water partition coefficient (Wildman–Crippen LogP) is 3.24. The van der Waals surface area contributed by atoms with E-state index in [2.05, 4.69) is 9.72 Å². The Kier molecular flexibility index (Phi) is 4.01. The molecule has 3 rings (SSSR count). The van der Waals surface area contributed by atoms with Gasteiger partial charge in [-0.3, -0.25) is 0 Å². The summed E-state index contributed by atoms with van der Waals surface area (Å²) in [6.07, 6.45) is 0. The minimum atomic E-state index is -0.633. The fourth-order valence-corrected chi connectivity index (χ4v) is 2.16. The monoisotopic (exact) mass is 307 g/mol. The lowest BCUT2D eigenvalue weighted by molar-refractivity contribution is 0.0593. The summed E-state index contributed by atoms with van der Waals surface area (Å²) in [7, 11) is 1.25. The molecule has 0 bridgehead atoms. The fraction of sp³-hybridized carbons (Fsp3) is 0.0556. The summed E-state index contributed by atoms with van der Waals surface area (Å²) in [5.74, 6) is -0.824. The van der Waals surface area contributed by atoms with Gasteiger partial charge >= 0.3 is 11.9 Å². The number of rotatable bonds is 3. The molecule has 23 heavy (non-hydrogen) atoms. The van der Waals surface area contributed by atoms with Gasteiger partial charge in [0, 0.05) is 0 Å². The summed E-state index contributed by atoms with van der Waals surface area (Å²) >= 11 is 0. The molecule has 0 aliphatic rings. The number of hydrogen-bond donors (Lipinski definition) is 0. The van der Waals surface area contributed by atoms with Crippen molar-refractivity contribution < 1.29 is 19.1 Å². The molecule has 0 saturated carbocycles. The van der Waals surface area contributed by atoms with E-state index in [1.54, 1.807) is 18.2 Å². The number of ether oxygens (including phenoxy) is 2. The van der Waals surface area contributed by atoms with E-state index in [0.717, 1.165) is 10.8 Å². The molecular formula is C18H13NO4. The van der Waals surface area contributed by atoms with Crippen LogP contribution in [0.3, 0.4) is 0 Å². The molecule has 2 aromatic carbocycles. The quantitative estimate of drug-likeness (QED) is 0.549. The third-order valence-corrected chi connectivity index (χ3v) is 3.28. The summed E-state index contributed by atoms with van der Waals surface area (Å²) < 4.78 is 9.91. The van der Waals surface area contributed by atoms with Crippen LogP contribution < -0.4 is 4.74 Å². The van der Waals surface area contributed by atoms with Crippen molar-refractivity contribution in [3.8, 4) is 5.75 Å². The number of carbonyl (C=O) groups is 2. The highest BCUT2D eigenvalue weighted by molar-refractivity contribution is 5.93. The molecule has 1 aromatic heterocycles. The lowest BCUT2D eigenvalue weighted by Crippen LogP contribution is -2.13. The molecule has 0 atom stereocenters. The topological polar surface area (TPSA) is 65.5 Å². The maximum atomic E-state index is 12.2. The Hall–Kier alpha value is -3.21. The van der Waals surface area contributed by atoms with Crippen LogP contribution in [0.4, 0.5) is 0 Å². The largest absolute Gasteiger partial charge is 0.464 e. The second-order valence-corrected chi connectivity index (χ2v) is 4.80. The Morgan fingerprint density at radius 2 is 1.52 bits per heavy atom. The van der Waals surface area contributed by atoms with Crippen LogP contribution in [-0.4, -0.2) is 24.0 Å². The van der Waals surface area contributed by atoms with Crippen LogP contribution in [0.1, 0.15) is 21.0 Å². The van der Waals surface area contributed by atoms with Gasteiger partial charge in [0.05, 0.1) is 7.11 Å². The number of methoxy groups -OCH3 is 1. The van der Waals surface area contributed by atoms with Gasteiger partial charge in [-0.2, -0.15) is 0 Å². The van der Waals surface area contributed by atoms with Crippen molar-refractivity contribution in [2.45, 2.75) is 0 Å². The maximum Gasteiger partial charge on any atom is 0.362 e. The molecule has 0 amide bonds. The average molecular weight is 307 g/mol. The van der Waals surface area contributed by atoms with Crippen LogP contribution >= 0.6 is 0 Å². The van der Waals surface area contributed by atoms with Crippen molar-refractivity contribution in [2.75, 3.05) is 7.11 Å². The lowest BCUT2D eigenvalue weighted by atomic mass is 10.1. The van der Waals surface area contributed by atoms with E-state index in [9.17, 15) is 9.59 Å². The third kappa shape index (κ3) is 3.18. The van der Waals surface area contributed by atoms with Crippen LogP contribution in [-0.2, 0) is 4.74 Å². The second-order valence-electron chi connectivity index (χ2n) is 4.80. The Bertz CT molecular complexity index is 889. The van der Waals surface area contributed by atoms with Gasteiger partial charge in [0.25, 0.3) is 0 Å². The zero-order valence-electron chi connectivity index (χ0n) is 12.4. The predicted molar refractivity (Wildman–Crippen MR) is 84.5 cm³/mol. The van der Waals surface area contributed by atoms with E-state index in [1.807, 2.05) is 30.3 Å². The van der Waals surface area contributed by atoms with E-state index < -0.39 is 11.9 Å². The maximum absolute atomic E-state index is 12.2. The highest BCUT2D eigenvalue weighted by Crippen LogP contribution is 2.21. The fourth-order valence-electron chi connectivity index (χ4n) is 2.16. The van der Waals surface area contributed by atoms with E-state index in [1.165, 1.54) is 19.2 Å². The van der Waals surface area contributed by atoms with Gasteiger partial charge in [0.15, 0.2) is 0 Å². The molecule has 5 nitrogen and oxygen atoms in total. The van der Waals surface area contributed by atoms with Crippen molar-refractivity contribution in [1.29, 1.82) is 0 Å². The smallest absolute Gasteiger partial charge is 0.362 e. The van der Waals surface area contributed by atoms with E-state index in [0.29, 0.717) is 5.75 Å². The summed E-state index contributed by atoms with van der Waals surface area (Å²) in [5, 5.41) is 2.02. The summed E-state index contributed by atoms with van der Waals surface area (Å²) in [6.45, 7) is 0. The molecule has 114 valence electrons. The molecule has 0 saturated heterocycles. The number of pyridine rings is 1. The van der Waals surface area contributed by atoms with Crippen molar-refractivity contribution in [3.05, 3.63) is 72.1 Å². The third-order valence-electron chi connectivity index (χ3n) is 3.28. The van der Waals surface area contributed by atoms with E-state index in [-0.39, 0.29) is 11.4 Å². The number of esters is 2. The SMILES string of the molecule is COC(=O)c1cccc(C(=O)Oc2ccc3ccccc3c2)n1. The first-order chi connectivity index (χ1) is 11.2. The Balaban J connectivity index is 1.84. The Morgan fingerprint density at radius 3 is 2.26 bits per heavy atom. The molecule has 5 heteroatoms. The van der Waals surface area contributed by atoms with Gasteiger partial charge in [-0.1, -0.05) is 36.4 Å². The summed E-state index contributed by atoms with van der Waals surface area (Å²) in [4.78, 5) is 27.6. The first-order valence-electron chi connectivity index (χ1n) is 6.94. The van der Waals surface area contributed by atoms with Gasteiger partial charge in [-0.25, -0.2) is 14.6 Å². The van der Waals surface area contributed by atoms with Crippen LogP contribution in [0.15, 0.2) is 60.7 Å². The van der Waals surface area contributed by atoms with Gasteiger partial charge in [0.1, 0.15) is 17.1 Å². The zero-order valence-corrected chi connectivity index (χ0v) is 12.4. The van der Waals surface area contributed by atoms with Gasteiger partial charge in [0.2, 0.25) is 0 Å². The molecule has 0 N–H and O–H groups in total. The minimum Gasteiger partial charge on any atom is -0.464 e. The van der Waals surface area contributed by atoms with Crippen LogP contribution in [0.25, 0.3) is 10.8 Å². The van der Waals surface area contributed by atoms with Crippen molar-refractivity contribution in [1.82, 2.24) is 4.98 Å². The Labute approximate surface area is 132 Å². The molecule has 0 aliphatic heterocycles. The molecule has 0 radical (unpaired) electrons. The first kappa shape index (κ1) is 14.7. The molecule has 0 unspecified atom stereocenters. The van der Waals surface area contributed by atoms with Crippen LogP contribution in [0, 0.1) is 0 Å². The lowest BCUT2D eigenvalue weighted by Gasteiger charge is -2.06. The van der Waals surface area contributed by atoms with Crippen LogP contribution in [0.5, 0.6) is 5.75 Å². The average Bonchev–Trinajstić information content (AvgIpc) is 2.61. The number of nitrogens with zero attached hydrogens (tertiary/aromatic N) is 1. The van der Waals surface area contributed by atoms with E-state index in [4.69, 9.17) is 4.74 Å². The highest BCUT2D eigenvalue weighted by Gasteiger charge is 2.14. The summed E-state index contributed by atoms with van der Waals surface area (Å²) in [5.41, 5.74) is 0.0986. The molecular weight excluding hydrogens is 294 g/mol. The van der Waals surface area contributed by atoms with E-state index >= 15 is 0 Å². The molecule has 0 aliphatic carbocycles. The molecule has 0 fully saturated rings. The normalized spacial score (nSPS) is 10.3. The standard InChI is InChI=1S/C18H13NO4/c1-22-17(20)15-7-4-8-16(19-15)18(21)23-14-10-9-12-5-2-3-6-13(12)11-14/h2-11H,1H3. The first-order valence-corrected chi connectivity index (χ1v) is 6.94. The second kappa shape index (κ2) is 6.27. The Morgan fingerprint density at radius 1 is 0.826 bits per heavy atom. The number of fused-ring (bicyclic) bond motifs is 1. The van der Waals surface area contributed by atoms with Crippen molar-refractivity contribution in [2.24, 2.45) is 0 Å².